The van der Waals surface area contributed by atoms with E-state index in [1.807, 2.05) is 17.4 Å². The van der Waals surface area contributed by atoms with Gasteiger partial charge in [-0.1, -0.05) is 45.0 Å². The van der Waals surface area contributed by atoms with E-state index < -0.39 is 24.2 Å². The Bertz CT molecular complexity index is 1390. The second kappa shape index (κ2) is 9.88. The number of nitrogens with zero attached hydrogens (tertiary/aromatic N) is 2. The van der Waals surface area contributed by atoms with Crippen LogP contribution in [0.25, 0.3) is 16.6 Å². The van der Waals surface area contributed by atoms with Gasteiger partial charge in [-0.25, -0.2) is 9.07 Å². The zero-order valence-electron chi connectivity index (χ0n) is 20.8. The molecule has 0 radical (unpaired) electrons. The molecule has 5 nitrogen and oxygen atoms in total. The number of hydrogen-bond donors (Lipinski definition) is 1. The lowest BCUT2D eigenvalue weighted by Gasteiger charge is -2.28. The van der Waals surface area contributed by atoms with Crippen LogP contribution in [0.15, 0.2) is 72.9 Å². The maximum absolute atomic E-state index is 13.3. The molecule has 0 aliphatic carbocycles. The number of hydrogen-bond acceptors (Lipinski definition) is 3. The van der Waals surface area contributed by atoms with E-state index in [0.717, 1.165) is 16.5 Å². The molecule has 4 aromatic rings. The first kappa shape index (κ1) is 26.2. The topological polar surface area (TPSA) is 56.1 Å². The van der Waals surface area contributed by atoms with Gasteiger partial charge in [0.25, 0.3) is 0 Å². The van der Waals surface area contributed by atoms with Crippen molar-refractivity contribution in [2.24, 2.45) is 0 Å². The normalized spacial score (nSPS) is 13.8. The zero-order chi connectivity index (χ0) is 27.0. The quantitative estimate of drug-likeness (QED) is 0.294. The predicted octanol–water partition coefficient (Wildman–Crippen LogP) is 6.65. The standard InChI is InChI=1S/C28H27F4N3O2/c1-17(34-26(36)28(30,31)32)25(18-5-7-20(8-6-18)27(2,3)4)37-23-13-14-24-19(15-23)16-33-35(24)22-11-9-21(29)10-12-22/h5-17,25H,1-4H3,(H,34,36)/t17-,25+/m0/s1. The Hall–Kier alpha value is -3.88. The van der Waals surface area contributed by atoms with Crippen molar-refractivity contribution in [1.29, 1.82) is 0 Å². The van der Waals surface area contributed by atoms with Gasteiger partial charge in [0.2, 0.25) is 0 Å². The third-order valence-corrected chi connectivity index (χ3v) is 6.05. The average Bonchev–Trinajstić information content (AvgIpc) is 3.25. The van der Waals surface area contributed by atoms with Crippen LogP contribution in [0.2, 0.25) is 0 Å². The van der Waals surface area contributed by atoms with E-state index in [-0.39, 0.29) is 11.2 Å². The summed E-state index contributed by atoms with van der Waals surface area (Å²) in [6.07, 6.45) is -4.29. The minimum Gasteiger partial charge on any atom is -0.484 e. The largest absolute Gasteiger partial charge is 0.484 e. The molecule has 0 saturated heterocycles. The van der Waals surface area contributed by atoms with Gasteiger partial charge in [-0.2, -0.15) is 18.3 Å². The lowest BCUT2D eigenvalue weighted by Crippen LogP contribution is -2.45. The second-order valence-electron chi connectivity index (χ2n) is 9.92. The van der Waals surface area contributed by atoms with Crippen LogP contribution in [-0.2, 0) is 10.2 Å². The van der Waals surface area contributed by atoms with Crippen LogP contribution >= 0.6 is 0 Å². The number of alkyl halides is 3. The molecule has 1 heterocycles. The highest BCUT2D eigenvalue weighted by Crippen LogP contribution is 2.31. The zero-order valence-corrected chi connectivity index (χ0v) is 20.8. The van der Waals surface area contributed by atoms with Crippen LogP contribution < -0.4 is 10.1 Å². The molecular weight excluding hydrogens is 486 g/mol. The van der Waals surface area contributed by atoms with Gasteiger partial charge < -0.3 is 10.1 Å². The molecule has 1 N–H and O–H groups in total. The number of benzene rings is 3. The van der Waals surface area contributed by atoms with E-state index >= 15 is 0 Å². The molecule has 0 unspecified atom stereocenters. The summed E-state index contributed by atoms with van der Waals surface area (Å²) in [5, 5.41) is 7.10. The van der Waals surface area contributed by atoms with Gasteiger partial charge >= 0.3 is 12.1 Å². The molecule has 4 rings (SSSR count). The van der Waals surface area contributed by atoms with E-state index in [1.165, 1.54) is 19.1 Å². The van der Waals surface area contributed by atoms with Crippen molar-refractivity contribution < 1.29 is 27.1 Å². The second-order valence-corrected chi connectivity index (χ2v) is 9.92. The molecule has 2 atom stereocenters. The monoisotopic (exact) mass is 513 g/mol. The van der Waals surface area contributed by atoms with E-state index in [2.05, 4.69) is 25.9 Å². The van der Waals surface area contributed by atoms with Crippen LogP contribution in [0.4, 0.5) is 17.6 Å². The molecule has 194 valence electrons. The van der Waals surface area contributed by atoms with Gasteiger partial charge in [-0.05, 0) is 65.9 Å². The Labute approximate surface area is 212 Å². The van der Waals surface area contributed by atoms with Gasteiger partial charge in [-0.3, -0.25) is 4.79 Å². The fourth-order valence-corrected chi connectivity index (χ4v) is 4.01. The number of amides is 1. The lowest BCUT2D eigenvalue weighted by molar-refractivity contribution is -0.174. The average molecular weight is 514 g/mol. The third-order valence-electron chi connectivity index (χ3n) is 6.05. The maximum Gasteiger partial charge on any atom is 0.471 e. The third kappa shape index (κ3) is 5.93. The SMILES string of the molecule is C[C@H](NC(=O)C(F)(F)F)[C@@H](Oc1ccc2c(cnn2-c2ccc(F)cc2)c1)c1ccc(C(C)(C)C)cc1. The highest BCUT2D eigenvalue weighted by molar-refractivity contribution is 5.82. The van der Waals surface area contributed by atoms with Gasteiger partial charge in [0.15, 0.2) is 0 Å². The van der Waals surface area contributed by atoms with Gasteiger partial charge in [0, 0.05) is 5.39 Å². The van der Waals surface area contributed by atoms with Crippen molar-refractivity contribution in [2.45, 2.75) is 51.4 Å². The molecule has 0 saturated carbocycles. The van der Waals surface area contributed by atoms with Crippen LogP contribution in [0.1, 0.15) is 44.9 Å². The van der Waals surface area contributed by atoms with Crippen LogP contribution in [-0.4, -0.2) is 27.9 Å². The van der Waals surface area contributed by atoms with Crippen molar-refractivity contribution in [3.05, 3.63) is 89.9 Å². The molecule has 0 spiro atoms. The summed E-state index contributed by atoms with van der Waals surface area (Å²) in [5.74, 6) is -2.00. The van der Waals surface area contributed by atoms with E-state index in [0.29, 0.717) is 17.0 Å². The first-order valence-electron chi connectivity index (χ1n) is 11.7. The van der Waals surface area contributed by atoms with Crippen LogP contribution in [0.3, 0.4) is 0 Å². The first-order chi connectivity index (χ1) is 17.3. The lowest BCUT2D eigenvalue weighted by atomic mass is 9.86. The highest BCUT2D eigenvalue weighted by atomic mass is 19.4. The summed E-state index contributed by atoms with van der Waals surface area (Å²) in [4.78, 5) is 11.7. The summed E-state index contributed by atoms with van der Waals surface area (Å²) in [6.45, 7) is 7.65. The highest BCUT2D eigenvalue weighted by Gasteiger charge is 2.40. The Kier molecular flexibility index (Phi) is 6.99. The van der Waals surface area contributed by atoms with Gasteiger partial charge in [0.1, 0.15) is 17.7 Å². The Morgan fingerprint density at radius 1 is 0.973 bits per heavy atom. The Morgan fingerprint density at radius 3 is 2.22 bits per heavy atom. The Morgan fingerprint density at radius 2 is 1.62 bits per heavy atom. The smallest absolute Gasteiger partial charge is 0.471 e. The molecule has 37 heavy (non-hydrogen) atoms. The fraction of sp³-hybridized carbons (Fsp3) is 0.286. The summed E-state index contributed by atoms with van der Waals surface area (Å²) >= 11 is 0. The maximum atomic E-state index is 13.3. The molecule has 1 aromatic heterocycles. The van der Waals surface area contributed by atoms with Crippen molar-refractivity contribution >= 4 is 16.8 Å². The summed E-state index contributed by atoms with van der Waals surface area (Å²) in [5.41, 5.74) is 2.97. The number of carbonyl (C=O) groups excluding carboxylic acids is 1. The molecule has 9 heteroatoms. The predicted molar refractivity (Wildman–Crippen MR) is 133 cm³/mol. The number of nitrogens with one attached hydrogen (secondary N) is 1. The Balaban J connectivity index is 1.65. The van der Waals surface area contributed by atoms with Gasteiger partial charge in [0.05, 0.1) is 23.4 Å². The van der Waals surface area contributed by atoms with Crippen molar-refractivity contribution in [3.63, 3.8) is 0 Å². The van der Waals surface area contributed by atoms with E-state index in [4.69, 9.17) is 4.74 Å². The number of ether oxygens (including phenoxy) is 1. The number of fused-ring (bicyclic) bond motifs is 1. The summed E-state index contributed by atoms with van der Waals surface area (Å²) < 4.78 is 60.0. The molecule has 1 amide bonds. The molecule has 0 fully saturated rings. The van der Waals surface area contributed by atoms with E-state index in [9.17, 15) is 22.4 Å². The number of rotatable bonds is 6. The van der Waals surface area contributed by atoms with Gasteiger partial charge in [-0.15, -0.1) is 0 Å². The molecule has 3 aromatic carbocycles. The summed E-state index contributed by atoms with van der Waals surface area (Å²) in [6, 6.07) is 17.5. The molecule has 0 bridgehead atoms. The van der Waals surface area contributed by atoms with Crippen molar-refractivity contribution in [3.8, 4) is 11.4 Å². The molecular formula is C28H27F4N3O2. The molecule has 0 aliphatic heterocycles. The fourth-order valence-electron chi connectivity index (χ4n) is 4.01. The van der Waals surface area contributed by atoms with Crippen molar-refractivity contribution in [2.75, 3.05) is 0 Å². The van der Waals surface area contributed by atoms with Crippen molar-refractivity contribution in [1.82, 2.24) is 15.1 Å². The van der Waals surface area contributed by atoms with Crippen LogP contribution in [0.5, 0.6) is 5.75 Å². The summed E-state index contributed by atoms with van der Waals surface area (Å²) in [7, 11) is 0. The number of carbonyl (C=O) groups is 1. The van der Waals surface area contributed by atoms with Crippen LogP contribution in [0, 0.1) is 5.82 Å². The van der Waals surface area contributed by atoms with E-state index in [1.54, 1.807) is 53.3 Å². The minimum absolute atomic E-state index is 0.110. The number of aromatic nitrogens is 2. The number of halogens is 4. The minimum atomic E-state index is -5.01. The first-order valence-corrected chi connectivity index (χ1v) is 11.7. The molecule has 0 aliphatic rings.